The van der Waals surface area contributed by atoms with Gasteiger partial charge in [-0.3, -0.25) is 4.79 Å². The largest absolute Gasteiger partial charge is 0.480 e. The number of imide groups is 1. The molecule has 0 radical (unpaired) electrons. The van der Waals surface area contributed by atoms with Crippen molar-refractivity contribution in [2.45, 2.75) is 65.6 Å². The number of rotatable bonds is 9. The molecule has 2 N–H and O–H groups in total. The molecule has 7 heteroatoms. The SMILES string of the molecule is CCC[C@@H](NC(=O)N1C(=O)C(CC)(CC)[C@@H]1OCC(=O)O)c1ccc(C)cc1. The van der Waals surface area contributed by atoms with Gasteiger partial charge in [0, 0.05) is 0 Å². The summed E-state index contributed by atoms with van der Waals surface area (Å²) in [6.45, 7) is 7.16. The summed E-state index contributed by atoms with van der Waals surface area (Å²) in [5, 5.41) is 11.9. The monoisotopic (exact) mass is 390 g/mol. The molecule has 1 heterocycles. The van der Waals surface area contributed by atoms with Gasteiger partial charge in [0.25, 0.3) is 0 Å². The van der Waals surface area contributed by atoms with Gasteiger partial charge in [0.2, 0.25) is 5.91 Å². The molecule has 0 aromatic heterocycles. The highest BCUT2D eigenvalue weighted by Gasteiger charge is 2.62. The molecule has 1 aromatic carbocycles. The third-order valence-electron chi connectivity index (χ3n) is 5.55. The third kappa shape index (κ3) is 4.19. The molecule has 3 amide bonds. The Bertz CT molecular complexity index is 712. The van der Waals surface area contributed by atoms with E-state index >= 15 is 0 Å². The molecule has 1 aliphatic rings. The van der Waals surface area contributed by atoms with Crippen molar-refractivity contribution in [3.05, 3.63) is 35.4 Å². The number of amides is 3. The Balaban J connectivity index is 2.20. The molecule has 28 heavy (non-hydrogen) atoms. The van der Waals surface area contributed by atoms with Crippen molar-refractivity contribution in [3.63, 3.8) is 0 Å². The summed E-state index contributed by atoms with van der Waals surface area (Å²) in [4.78, 5) is 37.7. The summed E-state index contributed by atoms with van der Waals surface area (Å²) in [6, 6.07) is 7.12. The number of likely N-dealkylation sites (tertiary alicyclic amines) is 1. The van der Waals surface area contributed by atoms with Gasteiger partial charge in [0.1, 0.15) is 6.61 Å². The number of hydrogen-bond acceptors (Lipinski definition) is 4. The third-order valence-corrected chi connectivity index (χ3v) is 5.55. The second kappa shape index (κ2) is 9.19. The Morgan fingerprint density at radius 3 is 2.32 bits per heavy atom. The van der Waals surface area contributed by atoms with E-state index in [0.29, 0.717) is 12.8 Å². The second-order valence-electron chi connectivity index (χ2n) is 7.30. The van der Waals surface area contributed by atoms with Crippen LogP contribution < -0.4 is 5.32 Å². The molecule has 1 fully saturated rings. The van der Waals surface area contributed by atoms with E-state index in [4.69, 9.17) is 9.84 Å². The molecule has 0 spiro atoms. The normalized spacial score (nSPS) is 19.1. The lowest BCUT2D eigenvalue weighted by atomic mass is 9.72. The number of nitrogens with zero attached hydrogens (tertiary/aromatic N) is 1. The Morgan fingerprint density at radius 2 is 1.82 bits per heavy atom. The fraction of sp³-hybridized carbons (Fsp3) is 0.571. The molecule has 1 saturated heterocycles. The Kier molecular flexibility index (Phi) is 7.18. The van der Waals surface area contributed by atoms with Crippen LogP contribution in [0.2, 0.25) is 0 Å². The van der Waals surface area contributed by atoms with Gasteiger partial charge in [-0.15, -0.1) is 0 Å². The molecule has 0 aliphatic carbocycles. The predicted octanol–water partition coefficient (Wildman–Crippen LogP) is 3.62. The quantitative estimate of drug-likeness (QED) is 0.628. The van der Waals surface area contributed by atoms with Crippen LogP contribution in [0.4, 0.5) is 4.79 Å². The Hall–Kier alpha value is -2.41. The van der Waals surface area contributed by atoms with Crippen molar-refractivity contribution in [2.75, 3.05) is 6.61 Å². The maximum Gasteiger partial charge on any atom is 0.329 e. The number of benzene rings is 1. The van der Waals surface area contributed by atoms with E-state index in [1.807, 2.05) is 52.0 Å². The molecule has 2 atom stereocenters. The van der Waals surface area contributed by atoms with E-state index in [2.05, 4.69) is 5.32 Å². The first-order valence-electron chi connectivity index (χ1n) is 9.84. The summed E-state index contributed by atoms with van der Waals surface area (Å²) in [5.74, 6) is -1.45. The van der Waals surface area contributed by atoms with Crippen molar-refractivity contribution in [3.8, 4) is 0 Å². The van der Waals surface area contributed by atoms with Crippen LogP contribution in [0.1, 0.15) is 63.6 Å². The lowest BCUT2D eigenvalue weighted by molar-refractivity contribution is -0.213. The van der Waals surface area contributed by atoms with E-state index in [1.54, 1.807) is 0 Å². The molecular formula is C21H30N2O5. The number of ether oxygens (including phenoxy) is 1. The Labute approximate surface area is 166 Å². The highest BCUT2D eigenvalue weighted by Crippen LogP contribution is 2.45. The minimum Gasteiger partial charge on any atom is -0.480 e. The average Bonchev–Trinajstić information content (AvgIpc) is 2.66. The highest BCUT2D eigenvalue weighted by molar-refractivity contribution is 6.03. The maximum absolute atomic E-state index is 12.9. The van der Waals surface area contributed by atoms with Gasteiger partial charge in [0.15, 0.2) is 6.23 Å². The standard InChI is InChI=1S/C21H30N2O5/c1-5-8-16(15-11-9-14(4)10-12-15)22-20(27)23-18(26)21(6-2,7-3)19(23)28-13-17(24)25/h9-12,16,19H,5-8,13H2,1-4H3,(H,22,27)(H,24,25)/t16-,19+/m1/s1. The van der Waals surface area contributed by atoms with Crippen LogP contribution in [0.3, 0.4) is 0 Å². The van der Waals surface area contributed by atoms with E-state index in [0.717, 1.165) is 28.9 Å². The van der Waals surface area contributed by atoms with Crippen LogP contribution in [0, 0.1) is 12.3 Å². The van der Waals surface area contributed by atoms with Crippen molar-refractivity contribution >= 4 is 17.9 Å². The van der Waals surface area contributed by atoms with Gasteiger partial charge < -0.3 is 15.2 Å². The van der Waals surface area contributed by atoms with Gasteiger partial charge in [-0.05, 0) is 31.7 Å². The highest BCUT2D eigenvalue weighted by atomic mass is 16.5. The van der Waals surface area contributed by atoms with Crippen LogP contribution in [0.5, 0.6) is 0 Å². The van der Waals surface area contributed by atoms with E-state index in [-0.39, 0.29) is 11.9 Å². The molecule has 2 rings (SSSR count). The van der Waals surface area contributed by atoms with E-state index < -0.39 is 30.3 Å². The van der Waals surface area contributed by atoms with Gasteiger partial charge in [0.05, 0.1) is 11.5 Å². The van der Waals surface area contributed by atoms with Crippen LogP contribution in [-0.4, -0.2) is 40.7 Å². The predicted molar refractivity (Wildman–Crippen MR) is 105 cm³/mol. The van der Waals surface area contributed by atoms with Gasteiger partial charge in [-0.2, -0.15) is 0 Å². The zero-order valence-electron chi connectivity index (χ0n) is 17.0. The molecule has 0 bridgehead atoms. The number of aliphatic carboxylic acids is 1. The molecule has 7 nitrogen and oxygen atoms in total. The number of urea groups is 1. The number of β-lactam (4-membered cyclic amide) rings is 1. The van der Waals surface area contributed by atoms with E-state index in [1.165, 1.54) is 0 Å². The summed E-state index contributed by atoms with van der Waals surface area (Å²) >= 11 is 0. The minimum atomic E-state index is -1.13. The number of carboxylic acids is 1. The Morgan fingerprint density at radius 1 is 1.21 bits per heavy atom. The number of aryl methyl sites for hydroxylation is 1. The van der Waals surface area contributed by atoms with Crippen LogP contribution in [0.15, 0.2) is 24.3 Å². The zero-order chi connectivity index (χ0) is 20.9. The number of carbonyl (C=O) groups is 3. The van der Waals surface area contributed by atoms with Gasteiger partial charge in [-0.25, -0.2) is 14.5 Å². The fourth-order valence-corrected chi connectivity index (χ4v) is 3.75. The lowest BCUT2D eigenvalue weighted by Crippen LogP contribution is -2.72. The molecule has 1 aromatic rings. The first kappa shape index (κ1) is 21.9. The van der Waals surface area contributed by atoms with Crippen molar-refractivity contribution < 1.29 is 24.2 Å². The van der Waals surface area contributed by atoms with Crippen LogP contribution in [-0.2, 0) is 14.3 Å². The molecule has 154 valence electrons. The second-order valence-corrected chi connectivity index (χ2v) is 7.30. The smallest absolute Gasteiger partial charge is 0.329 e. The molecular weight excluding hydrogens is 360 g/mol. The average molecular weight is 390 g/mol. The van der Waals surface area contributed by atoms with Crippen LogP contribution in [0.25, 0.3) is 0 Å². The minimum absolute atomic E-state index is 0.232. The maximum atomic E-state index is 12.9. The summed E-state index contributed by atoms with van der Waals surface area (Å²) in [6.07, 6.45) is 1.68. The summed E-state index contributed by atoms with van der Waals surface area (Å²) in [7, 11) is 0. The van der Waals surface area contributed by atoms with Gasteiger partial charge >= 0.3 is 12.0 Å². The number of carboxylic acid groups (broad SMARTS) is 1. The van der Waals surface area contributed by atoms with Crippen molar-refractivity contribution in [2.24, 2.45) is 5.41 Å². The number of hydrogen-bond donors (Lipinski definition) is 2. The first-order valence-corrected chi connectivity index (χ1v) is 9.84. The van der Waals surface area contributed by atoms with Crippen LogP contribution >= 0.6 is 0 Å². The first-order chi connectivity index (χ1) is 13.3. The number of carbonyl (C=O) groups excluding carboxylic acids is 2. The van der Waals surface area contributed by atoms with Crippen molar-refractivity contribution in [1.82, 2.24) is 10.2 Å². The van der Waals surface area contributed by atoms with Crippen molar-refractivity contribution in [1.29, 1.82) is 0 Å². The molecule has 0 unspecified atom stereocenters. The number of nitrogens with one attached hydrogen (secondary N) is 1. The summed E-state index contributed by atoms with van der Waals surface area (Å²) < 4.78 is 5.45. The van der Waals surface area contributed by atoms with E-state index in [9.17, 15) is 14.4 Å². The lowest BCUT2D eigenvalue weighted by Gasteiger charge is -2.53. The zero-order valence-corrected chi connectivity index (χ0v) is 17.0. The summed E-state index contributed by atoms with van der Waals surface area (Å²) in [5.41, 5.74) is 1.24. The molecule has 1 aliphatic heterocycles. The molecule has 0 saturated carbocycles. The fourth-order valence-electron chi connectivity index (χ4n) is 3.75. The topological polar surface area (TPSA) is 95.9 Å². The van der Waals surface area contributed by atoms with Gasteiger partial charge in [-0.1, -0.05) is 57.0 Å².